The molecule has 3 aliphatic rings. The van der Waals surface area contributed by atoms with E-state index in [1.807, 2.05) is 45.2 Å². The normalized spacial score (nSPS) is 21.5. The molecule has 0 saturated carbocycles. The number of aromatic nitrogens is 1. The van der Waals surface area contributed by atoms with E-state index in [1.165, 1.54) is 22.3 Å². The van der Waals surface area contributed by atoms with Gasteiger partial charge in [0.1, 0.15) is 11.2 Å². The summed E-state index contributed by atoms with van der Waals surface area (Å²) in [6.45, 7) is 11.8. The molecule has 2 aliphatic heterocycles. The summed E-state index contributed by atoms with van der Waals surface area (Å²) < 4.78 is 10.9. The van der Waals surface area contributed by atoms with Crippen LogP contribution >= 0.6 is 11.6 Å². The van der Waals surface area contributed by atoms with E-state index in [2.05, 4.69) is 35.4 Å². The van der Waals surface area contributed by atoms with Crippen molar-refractivity contribution in [1.29, 1.82) is 0 Å². The number of carbonyl (C=O) groups is 1. The van der Waals surface area contributed by atoms with Gasteiger partial charge in [-0.2, -0.15) is 0 Å². The van der Waals surface area contributed by atoms with Crippen LogP contribution in [-0.2, 0) is 15.9 Å². The number of hydrogen-bond donors (Lipinski definition) is 1. The van der Waals surface area contributed by atoms with Gasteiger partial charge >= 0.3 is 6.09 Å². The predicted octanol–water partition coefficient (Wildman–Crippen LogP) is 4.80. The first-order valence-electron chi connectivity index (χ1n) is 11.4. The lowest BCUT2D eigenvalue weighted by atomic mass is 9.90. The number of carbonyl (C=O) groups excluding carboxylic acids is 1. The zero-order valence-corrected chi connectivity index (χ0v) is 20.5. The van der Waals surface area contributed by atoms with Gasteiger partial charge in [-0.15, -0.1) is 0 Å². The molecule has 5 rings (SSSR count). The Balaban J connectivity index is 0.000000174. The largest absolute Gasteiger partial charge is 0.444 e. The molecule has 0 spiro atoms. The van der Waals surface area contributed by atoms with Gasteiger partial charge in [0.05, 0.1) is 12.3 Å². The quantitative estimate of drug-likeness (QED) is 0.608. The third-order valence-electron chi connectivity index (χ3n) is 5.86. The summed E-state index contributed by atoms with van der Waals surface area (Å²) in [7, 11) is 0. The van der Waals surface area contributed by atoms with Gasteiger partial charge in [0.2, 0.25) is 0 Å². The number of benzene rings is 1. The second-order valence-corrected chi connectivity index (χ2v) is 10.2. The van der Waals surface area contributed by atoms with E-state index in [0.717, 1.165) is 49.9 Å². The molecule has 33 heavy (non-hydrogen) atoms. The van der Waals surface area contributed by atoms with Crippen molar-refractivity contribution >= 4 is 29.3 Å². The zero-order valence-electron chi connectivity index (χ0n) is 19.8. The summed E-state index contributed by atoms with van der Waals surface area (Å²) in [6.07, 6.45) is 4.69. The van der Waals surface area contributed by atoms with Crippen LogP contribution in [0.1, 0.15) is 50.1 Å². The molecule has 6 nitrogen and oxygen atoms in total. The molecular formula is C26H32ClN3O3. The minimum atomic E-state index is -0.387. The molecule has 0 radical (unpaired) electrons. The van der Waals surface area contributed by atoms with E-state index >= 15 is 0 Å². The van der Waals surface area contributed by atoms with Crippen molar-refractivity contribution in [3.63, 3.8) is 0 Å². The predicted molar refractivity (Wildman–Crippen MR) is 131 cm³/mol. The van der Waals surface area contributed by atoms with Crippen LogP contribution in [0.2, 0.25) is 5.02 Å². The standard InChI is InChI=1S/C17H14ClNO.C9H18N2O2/c1-17(10-20-17)15-7-12-3-2-6-19-16(12)8-11-4-5-13(18)9-14(11)15;1-9(2,3)13-8(12)11-6-4-10-5-7-11/h2-7,9H,8,10H2,1H3;10H,4-7H2,1-3H3. The zero-order chi connectivity index (χ0) is 23.6. The second kappa shape index (κ2) is 9.45. The fourth-order valence-corrected chi connectivity index (χ4v) is 4.14. The van der Waals surface area contributed by atoms with Crippen molar-refractivity contribution in [2.75, 3.05) is 32.8 Å². The molecule has 1 aromatic carbocycles. The van der Waals surface area contributed by atoms with E-state index in [0.29, 0.717) is 0 Å². The van der Waals surface area contributed by atoms with Crippen molar-refractivity contribution in [2.24, 2.45) is 0 Å². The van der Waals surface area contributed by atoms with Crippen LogP contribution in [-0.4, -0.2) is 60.0 Å². The average molecular weight is 470 g/mol. The summed E-state index contributed by atoms with van der Waals surface area (Å²) in [6, 6.07) is 10.2. The van der Waals surface area contributed by atoms with Crippen LogP contribution in [0.4, 0.5) is 4.79 Å². The minimum Gasteiger partial charge on any atom is -0.444 e. The van der Waals surface area contributed by atoms with Crippen LogP contribution < -0.4 is 5.32 Å². The smallest absolute Gasteiger partial charge is 0.410 e. The lowest BCUT2D eigenvalue weighted by molar-refractivity contribution is 0.0229. The van der Waals surface area contributed by atoms with E-state index in [1.54, 1.807) is 4.90 Å². The number of piperazine rings is 1. The van der Waals surface area contributed by atoms with Gasteiger partial charge in [-0.05, 0) is 74.2 Å². The lowest BCUT2D eigenvalue weighted by Gasteiger charge is -2.30. The first-order chi connectivity index (χ1) is 15.6. The molecule has 1 unspecified atom stereocenters. The number of amides is 1. The first-order valence-corrected chi connectivity index (χ1v) is 11.8. The number of hydrogen-bond acceptors (Lipinski definition) is 5. The van der Waals surface area contributed by atoms with Gasteiger partial charge in [0.25, 0.3) is 0 Å². The first kappa shape index (κ1) is 23.7. The summed E-state index contributed by atoms with van der Waals surface area (Å²) in [5.41, 5.74) is 5.37. The van der Waals surface area contributed by atoms with Crippen LogP contribution in [0.3, 0.4) is 0 Å². The average Bonchev–Trinajstić information content (AvgIpc) is 3.54. The van der Waals surface area contributed by atoms with Crippen LogP contribution in [0.15, 0.2) is 36.5 Å². The van der Waals surface area contributed by atoms with Gasteiger partial charge in [-0.1, -0.05) is 23.7 Å². The highest BCUT2D eigenvalue weighted by Gasteiger charge is 2.44. The summed E-state index contributed by atoms with van der Waals surface area (Å²) in [5.74, 6) is 0. The molecule has 176 valence electrons. The molecule has 1 N–H and O–H groups in total. The highest BCUT2D eigenvalue weighted by Crippen LogP contribution is 2.45. The molecule has 7 heteroatoms. The fraction of sp³-hybridized carbons (Fsp3) is 0.462. The third-order valence-corrected chi connectivity index (χ3v) is 6.10. The Bertz CT molecular complexity index is 1050. The van der Waals surface area contributed by atoms with E-state index in [-0.39, 0.29) is 17.3 Å². The number of nitrogens with zero attached hydrogens (tertiary/aromatic N) is 2. The van der Waals surface area contributed by atoms with Gasteiger partial charge in [0, 0.05) is 43.8 Å². The molecule has 1 atom stereocenters. The molecule has 2 saturated heterocycles. The number of halogens is 1. The molecule has 0 bridgehead atoms. The van der Waals surface area contributed by atoms with Gasteiger partial charge in [0.15, 0.2) is 0 Å². The fourth-order valence-electron chi connectivity index (χ4n) is 3.97. The maximum Gasteiger partial charge on any atom is 0.410 e. The van der Waals surface area contributed by atoms with Gasteiger partial charge in [-0.3, -0.25) is 4.98 Å². The Hall–Kier alpha value is -2.41. The Labute approximate surface area is 200 Å². The maximum absolute atomic E-state index is 11.5. The molecule has 2 fully saturated rings. The number of rotatable bonds is 1. The SMILES string of the molecule is CC(C)(C)OC(=O)N1CCNCC1.CC1(C2=Cc3cccnc3Cc3ccc(Cl)cc32)CO1. The summed E-state index contributed by atoms with van der Waals surface area (Å²) >= 11 is 6.19. The number of fused-ring (bicyclic) bond motifs is 2. The number of ether oxygens (including phenoxy) is 2. The Morgan fingerprint density at radius 1 is 1.24 bits per heavy atom. The number of nitrogens with one attached hydrogen (secondary N) is 1. The third kappa shape index (κ3) is 5.94. The number of pyridine rings is 1. The monoisotopic (exact) mass is 469 g/mol. The molecule has 1 aromatic heterocycles. The highest BCUT2D eigenvalue weighted by molar-refractivity contribution is 6.30. The highest BCUT2D eigenvalue weighted by atomic mass is 35.5. The van der Waals surface area contributed by atoms with E-state index in [9.17, 15) is 4.79 Å². The van der Waals surface area contributed by atoms with Gasteiger partial charge < -0.3 is 19.7 Å². The molecule has 2 aromatic rings. The Morgan fingerprint density at radius 2 is 1.97 bits per heavy atom. The van der Waals surface area contributed by atoms with Crippen molar-refractivity contribution in [3.05, 3.63) is 63.9 Å². The molecule has 3 heterocycles. The molecular weight excluding hydrogens is 438 g/mol. The van der Waals surface area contributed by atoms with Crippen LogP contribution in [0.25, 0.3) is 11.6 Å². The topological polar surface area (TPSA) is 67.0 Å². The Kier molecular flexibility index (Phi) is 6.80. The van der Waals surface area contributed by atoms with Crippen molar-refractivity contribution in [3.8, 4) is 0 Å². The van der Waals surface area contributed by atoms with Crippen LogP contribution in [0.5, 0.6) is 0 Å². The van der Waals surface area contributed by atoms with Crippen molar-refractivity contribution < 1.29 is 14.3 Å². The van der Waals surface area contributed by atoms with E-state index < -0.39 is 0 Å². The van der Waals surface area contributed by atoms with Gasteiger partial charge in [-0.25, -0.2) is 4.79 Å². The number of epoxide rings is 1. The van der Waals surface area contributed by atoms with E-state index in [4.69, 9.17) is 21.1 Å². The van der Waals surface area contributed by atoms with Crippen LogP contribution in [0, 0.1) is 0 Å². The molecule has 1 amide bonds. The Morgan fingerprint density at radius 3 is 2.64 bits per heavy atom. The molecule has 1 aliphatic carbocycles. The lowest BCUT2D eigenvalue weighted by Crippen LogP contribution is -2.48. The van der Waals surface area contributed by atoms with Crippen molar-refractivity contribution in [2.45, 2.75) is 45.3 Å². The van der Waals surface area contributed by atoms with Crippen molar-refractivity contribution in [1.82, 2.24) is 15.2 Å². The summed E-state index contributed by atoms with van der Waals surface area (Å²) in [4.78, 5) is 17.7. The second-order valence-electron chi connectivity index (χ2n) is 9.81. The minimum absolute atomic E-state index is 0.184. The maximum atomic E-state index is 11.5. The summed E-state index contributed by atoms with van der Waals surface area (Å²) in [5, 5.41) is 3.94.